The van der Waals surface area contributed by atoms with Gasteiger partial charge in [0.2, 0.25) is 10.0 Å². The highest BCUT2D eigenvalue weighted by molar-refractivity contribution is 7.89. The average molecular weight is 330 g/mol. The van der Waals surface area contributed by atoms with Gasteiger partial charge in [-0.05, 0) is 39.0 Å². The fourth-order valence-electron chi connectivity index (χ4n) is 1.92. The molecule has 0 fully saturated rings. The van der Waals surface area contributed by atoms with Crippen molar-refractivity contribution >= 4 is 21.7 Å². The van der Waals surface area contributed by atoms with E-state index in [4.69, 9.17) is 4.74 Å². The Hall–Kier alpha value is -1.64. The summed E-state index contributed by atoms with van der Waals surface area (Å²) < 4.78 is 31.8. The molecule has 1 atom stereocenters. The molecule has 0 aliphatic rings. The molecular formula is C14H22N2O5S. The van der Waals surface area contributed by atoms with Gasteiger partial charge in [0.05, 0.1) is 17.1 Å². The number of methoxy groups -OCH3 is 1. The number of aromatic carboxylic acids is 1. The Kier molecular flexibility index (Phi) is 6.34. The molecule has 8 heteroatoms. The fraction of sp³-hybridized carbons (Fsp3) is 0.500. The smallest absolute Gasteiger partial charge is 0.337 e. The Balaban J connectivity index is 3.15. The van der Waals surface area contributed by atoms with Gasteiger partial charge in [0, 0.05) is 24.9 Å². The molecular weight excluding hydrogens is 308 g/mol. The molecule has 1 aromatic rings. The van der Waals surface area contributed by atoms with Crippen molar-refractivity contribution in [1.82, 2.24) is 4.72 Å². The maximum absolute atomic E-state index is 12.2. The highest BCUT2D eigenvalue weighted by Gasteiger charge is 2.21. The first-order chi connectivity index (χ1) is 10.2. The summed E-state index contributed by atoms with van der Waals surface area (Å²) in [5.41, 5.74) is 0.294. The molecule has 0 bridgehead atoms. The molecule has 22 heavy (non-hydrogen) atoms. The van der Waals surface area contributed by atoms with Crippen molar-refractivity contribution in [2.75, 3.05) is 19.0 Å². The first-order valence-corrected chi connectivity index (χ1v) is 8.31. The lowest BCUT2D eigenvalue weighted by Gasteiger charge is -2.16. The number of carbonyl (C=O) groups is 1. The largest absolute Gasteiger partial charge is 0.478 e. The molecule has 1 rings (SSSR count). The molecule has 0 aromatic heterocycles. The van der Waals surface area contributed by atoms with E-state index < -0.39 is 22.0 Å². The summed E-state index contributed by atoms with van der Waals surface area (Å²) in [6, 6.07) is 3.59. The number of benzene rings is 1. The molecule has 7 nitrogen and oxygen atoms in total. The molecule has 0 saturated carbocycles. The third kappa shape index (κ3) is 4.97. The van der Waals surface area contributed by atoms with Gasteiger partial charge in [0.25, 0.3) is 0 Å². The van der Waals surface area contributed by atoms with E-state index in [9.17, 15) is 18.3 Å². The number of hydrogen-bond donors (Lipinski definition) is 3. The Morgan fingerprint density at radius 1 is 1.32 bits per heavy atom. The Morgan fingerprint density at radius 3 is 2.45 bits per heavy atom. The van der Waals surface area contributed by atoms with Gasteiger partial charge in [-0.3, -0.25) is 0 Å². The van der Waals surface area contributed by atoms with Gasteiger partial charge in [-0.25, -0.2) is 17.9 Å². The topological polar surface area (TPSA) is 105 Å². The molecule has 1 aromatic carbocycles. The van der Waals surface area contributed by atoms with Gasteiger partial charge in [-0.15, -0.1) is 0 Å². The van der Waals surface area contributed by atoms with Crippen molar-refractivity contribution in [2.45, 2.75) is 37.8 Å². The van der Waals surface area contributed by atoms with Gasteiger partial charge < -0.3 is 15.2 Å². The molecule has 0 heterocycles. The fourth-order valence-corrected chi connectivity index (χ4v) is 3.18. The van der Waals surface area contributed by atoms with Crippen LogP contribution < -0.4 is 10.0 Å². The van der Waals surface area contributed by atoms with Crippen LogP contribution in [0, 0.1) is 0 Å². The summed E-state index contributed by atoms with van der Waals surface area (Å²) in [4.78, 5) is 11.2. The van der Waals surface area contributed by atoms with Crippen LogP contribution in [0.15, 0.2) is 23.1 Å². The molecule has 0 amide bonds. The molecule has 3 N–H and O–H groups in total. The molecule has 0 spiro atoms. The van der Waals surface area contributed by atoms with E-state index in [1.807, 2.05) is 13.8 Å². The van der Waals surface area contributed by atoms with Crippen molar-refractivity contribution in [2.24, 2.45) is 0 Å². The highest BCUT2D eigenvalue weighted by atomic mass is 32.2. The van der Waals surface area contributed by atoms with Crippen LogP contribution in [-0.2, 0) is 14.8 Å². The number of nitrogens with one attached hydrogen (secondary N) is 2. The predicted molar refractivity (Wildman–Crippen MR) is 83.8 cm³/mol. The summed E-state index contributed by atoms with van der Waals surface area (Å²) in [5, 5.41) is 12.2. The third-order valence-electron chi connectivity index (χ3n) is 2.75. The Bertz CT molecular complexity index is 628. The van der Waals surface area contributed by atoms with E-state index >= 15 is 0 Å². The van der Waals surface area contributed by atoms with Crippen LogP contribution >= 0.6 is 0 Å². The van der Waals surface area contributed by atoms with Gasteiger partial charge in [-0.2, -0.15) is 0 Å². The van der Waals surface area contributed by atoms with Crippen molar-refractivity contribution in [1.29, 1.82) is 0 Å². The van der Waals surface area contributed by atoms with Gasteiger partial charge >= 0.3 is 5.97 Å². The first kappa shape index (κ1) is 18.4. The second-order valence-corrected chi connectivity index (χ2v) is 7.00. The zero-order valence-electron chi connectivity index (χ0n) is 13.1. The predicted octanol–water partition coefficient (Wildman–Crippen LogP) is 1.52. The minimum absolute atomic E-state index is 0.0282. The summed E-state index contributed by atoms with van der Waals surface area (Å²) in [5.74, 6) is -1.19. The van der Waals surface area contributed by atoms with E-state index in [1.54, 1.807) is 6.92 Å². The van der Waals surface area contributed by atoms with Gasteiger partial charge in [0.1, 0.15) is 0 Å². The van der Waals surface area contributed by atoms with E-state index in [1.165, 1.54) is 19.2 Å². The monoisotopic (exact) mass is 330 g/mol. The molecule has 0 aliphatic heterocycles. The normalized spacial score (nSPS) is 13.1. The van der Waals surface area contributed by atoms with Crippen molar-refractivity contribution in [3.8, 4) is 0 Å². The van der Waals surface area contributed by atoms with Crippen LogP contribution in [0.1, 0.15) is 31.1 Å². The average Bonchev–Trinajstić information content (AvgIpc) is 2.37. The molecule has 0 aliphatic carbocycles. The number of ether oxygens (including phenoxy) is 1. The number of carboxylic acid groups (broad SMARTS) is 1. The quantitative estimate of drug-likeness (QED) is 0.667. The minimum atomic E-state index is -3.80. The van der Waals surface area contributed by atoms with Crippen molar-refractivity contribution < 1.29 is 23.1 Å². The third-order valence-corrected chi connectivity index (χ3v) is 4.34. The minimum Gasteiger partial charge on any atom is -0.478 e. The Morgan fingerprint density at radius 2 is 1.95 bits per heavy atom. The summed E-state index contributed by atoms with van der Waals surface area (Å²) in [7, 11) is -2.33. The molecule has 0 saturated heterocycles. The summed E-state index contributed by atoms with van der Waals surface area (Å²) in [6.45, 7) is 5.61. The maximum Gasteiger partial charge on any atom is 0.337 e. The first-order valence-electron chi connectivity index (χ1n) is 6.82. The number of anilines is 1. The molecule has 0 unspecified atom stereocenters. The zero-order chi connectivity index (χ0) is 16.9. The lowest BCUT2D eigenvalue weighted by Crippen LogP contribution is -2.35. The van der Waals surface area contributed by atoms with Crippen LogP contribution in [0.25, 0.3) is 0 Å². The second kappa shape index (κ2) is 7.57. The lowest BCUT2D eigenvalue weighted by atomic mass is 10.1. The SMILES string of the molecule is COC[C@@H](C)NS(=O)(=O)c1ccc(NC(C)C)c(C(=O)O)c1. The van der Waals surface area contributed by atoms with Crippen LogP contribution in [0.5, 0.6) is 0 Å². The van der Waals surface area contributed by atoms with Crippen LogP contribution in [0.3, 0.4) is 0 Å². The molecule has 124 valence electrons. The van der Waals surface area contributed by atoms with Crippen molar-refractivity contribution in [3.63, 3.8) is 0 Å². The summed E-state index contributed by atoms with van der Waals surface area (Å²) in [6.07, 6.45) is 0. The summed E-state index contributed by atoms with van der Waals surface area (Å²) >= 11 is 0. The van der Waals surface area contributed by atoms with Gasteiger partial charge in [-0.1, -0.05) is 0 Å². The number of sulfonamides is 1. The van der Waals surface area contributed by atoms with E-state index in [-0.39, 0.29) is 23.1 Å². The zero-order valence-corrected chi connectivity index (χ0v) is 13.9. The number of rotatable bonds is 8. The van der Waals surface area contributed by atoms with E-state index in [0.29, 0.717) is 5.69 Å². The second-order valence-electron chi connectivity index (χ2n) is 5.29. The van der Waals surface area contributed by atoms with Crippen LogP contribution in [-0.4, -0.2) is 45.3 Å². The highest BCUT2D eigenvalue weighted by Crippen LogP contribution is 2.21. The number of hydrogen-bond acceptors (Lipinski definition) is 5. The maximum atomic E-state index is 12.2. The van der Waals surface area contributed by atoms with Crippen molar-refractivity contribution in [3.05, 3.63) is 23.8 Å². The number of carboxylic acids is 1. The van der Waals surface area contributed by atoms with Gasteiger partial charge in [0.15, 0.2) is 0 Å². The van der Waals surface area contributed by atoms with Crippen LogP contribution in [0.2, 0.25) is 0 Å². The van der Waals surface area contributed by atoms with E-state index in [0.717, 1.165) is 6.07 Å². The standard InChI is InChI=1S/C14H22N2O5S/c1-9(2)15-13-6-5-11(7-12(13)14(17)18)22(19,20)16-10(3)8-21-4/h5-7,9-10,15-16H,8H2,1-4H3,(H,17,18)/t10-/m1/s1. The van der Waals surface area contributed by atoms with E-state index in [2.05, 4.69) is 10.0 Å². The van der Waals surface area contributed by atoms with Crippen LogP contribution in [0.4, 0.5) is 5.69 Å². The molecule has 0 radical (unpaired) electrons. The lowest BCUT2D eigenvalue weighted by molar-refractivity contribution is 0.0697. The Labute approximate surface area is 130 Å².